The van der Waals surface area contributed by atoms with Gasteiger partial charge >= 0.3 is 0 Å². The molecule has 2 N–H and O–H groups in total. The molecule has 0 bridgehead atoms. The molecule has 5 nitrogen and oxygen atoms in total. The molecule has 1 aromatic heterocycles. The first kappa shape index (κ1) is 15.0. The Morgan fingerprint density at radius 1 is 1.67 bits per heavy atom. The molecule has 0 aromatic carbocycles. The number of anilines is 1. The van der Waals surface area contributed by atoms with Crippen molar-refractivity contribution < 1.29 is 4.79 Å². The van der Waals surface area contributed by atoms with Gasteiger partial charge in [-0.2, -0.15) is 5.10 Å². The summed E-state index contributed by atoms with van der Waals surface area (Å²) in [5, 5.41) is 10.4. The standard InChI is InChI=1S/C12H20N4O.ClH/c1-9-7-11(16(2)15-9)14-12(17)4-3-10-5-6-13-8-10;/h7,10,13H,3-6,8H2,1-2H3,(H,14,17);1H. The SMILES string of the molecule is Cc1cc(NC(=O)CCC2CCNC2)n(C)n1.Cl. The third-order valence-electron chi connectivity index (χ3n) is 3.21. The second kappa shape index (κ2) is 6.75. The summed E-state index contributed by atoms with van der Waals surface area (Å²) in [6.45, 7) is 4.06. The summed E-state index contributed by atoms with van der Waals surface area (Å²) in [4.78, 5) is 11.8. The van der Waals surface area contributed by atoms with Gasteiger partial charge < -0.3 is 10.6 Å². The van der Waals surface area contributed by atoms with Crippen molar-refractivity contribution in [2.75, 3.05) is 18.4 Å². The lowest BCUT2D eigenvalue weighted by molar-refractivity contribution is -0.116. The minimum atomic E-state index is 0. The van der Waals surface area contributed by atoms with Gasteiger partial charge in [0.05, 0.1) is 5.69 Å². The molecule has 0 saturated carbocycles. The molecule has 1 saturated heterocycles. The highest BCUT2D eigenvalue weighted by molar-refractivity contribution is 5.89. The molecule has 1 aliphatic rings. The lowest BCUT2D eigenvalue weighted by Crippen LogP contribution is -2.16. The first-order valence-corrected chi connectivity index (χ1v) is 6.16. The van der Waals surface area contributed by atoms with E-state index in [4.69, 9.17) is 0 Å². The van der Waals surface area contributed by atoms with Crippen molar-refractivity contribution in [3.05, 3.63) is 11.8 Å². The van der Waals surface area contributed by atoms with Crippen LogP contribution in [0.5, 0.6) is 0 Å². The van der Waals surface area contributed by atoms with Crippen LogP contribution in [0.4, 0.5) is 5.82 Å². The average molecular weight is 273 g/mol. The van der Waals surface area contributed by atoms with E-state index in [1.54, 1.807) is 4.68 Å². The van der Waals surface area contributed by atoms with Crippen molar-refractivity contribution >= 4 is 24.1 Å². The monoisotopic (exact) mass is 272 g/mol. The molecule has 1 amide bonds. The molecule has 0 aliphatic carbocycles. The molecule has 6 heteroatoms. The summed E-state index contributed by atoms with van der Waals surface area (Å²) in [7, 11) is 1.84. The third kappa shape index (κ3) is 3.99. The van der Waals surface area contributed by atoms with E-state index in [1.165, 1.54) is 6.42 Å². The number of amides is 1. The third-order valence-corrected chi connectivity index (χ3v) is 3.21. The molecule has 1 atom stereocenters. The van der Waals surface area contributed by atoms with Crippen molar-refractivity contribution in [3.63, 3.8) is 0 Å². The van der Waals surface area contributed by atoms with Crippen LogP contribution in [0.15, 0.2) is 6.07 Å². The Hall–Kier alpha value is -1.07. The Morgan fingerprint density at radius 2 is 2.44 bits per heavy atom. The Balaban J connectivity index is 0.00000162. The van der Waals surface area contributed by atoms with E-state index in [-0.39, 0.29) is 18.3 Å². The number of carbonyl (C=O) groups excluding carboxylic acids is 1. The normalized spacial score (nSPS) is 18.4. The minimum Gasteiger partial charge on any atom is -0.316 e. The van der Waals surface area contributed by atoms with Crippen LogP contribution in [0.2, 0.25) is 0 Å². The van der Waals surface area contributed by atoms with Crippen LogP contribution in [0.25, 0.3) is 0 Å². The molecule has 102 valence electrons. The van der Waals surface area contributed by atoms with E-state index in [9.17, 15) is 4.79 Å². The van der Waals surface area contributed by atoms with Crippen molar-refractivity contribution in [1.82, 2.24) is 15.1 Å². The van der Waals surface area contributed by atoms with Gasteiger partial charge in [-0.3, -0.25) is 9.48 Å². The maximum absolute atomic E-state index is 11.8. The fourth-order valence-corrected chi connectivity index (χ4v) is 2.23. The number of nitrogens with one attached hydrogen (secondary N) is 2. The fraction of sp³-hybridized carbons (Fsp3) is 0.667. The molecule has 1 unspecified atom stereocenters. The number of aryl methyl sites for hydroxylation is 2. The molecule has 0 radical (unpaired) electrons. The first-order valence-electron chi connectivity index (χ1n) is 6.16. The number of carbonyl (C=O) groups is 1. The van der Waals surface area contributed by atoms with Crippen molar-refractivity contribution in [2.45, 2.75) is 26.2 Å². The highest BCUT2D eigenvalue weighted by Crippen LogP contribution is 2.15. The Morgan fingerprint density at radius 3 is 3.00 bits per heavy atom. The van der Waals surface area contributed by atoms with Gasteiger partial charge in [-0.15, -0.1) is 12.4 Å². The van der Waals surface area contributed by atoms with Crippen LogP contribution in [0.1, 0.15) is 25.0 Å². The molecule has 1 aromatic rings. The number of aromatic nitrogens is 2. The zero-order chi connectivity index (χ0) is 12.3. The van der Waals surface area contributed by atoms with Gasteiger partial charge in [-0.25, -0.2) is 0 Å². The Kier molecular flexibility index (Phi) is 5.62. The number of nitrogens with zero attached hydrogens (tertiary/aromatic N) is 2. The van der Waals surface area contributed by atoms with E-state index in [0.29, 0.717) is 12.3 Å². The zero-order valence-corrected chi connectivity index (χ0v) is 11.7. The predicted molar refractivity (Wildman–Crippen MR) is 74.0 cm³/mol. The lowest BCUT2D eigenvalue weighted by Gasteiger charge is -2.08. The topological polar surface area (TPSA) is 59.0 Å². The van der Waals surface area contributed by atoms with Gasteiger partial charge in [-0.1, -0.05) is 0 Å². The van der Waals surface area contributed by atoms with Crippen LogP contribution >= 0.6 is 12.4 Å². The minimum absolute atomic E-state index is 0. The zero-order valence-electron chi connectivity index (χ0n) is 10.9. The van der Waals surface area contributed by atoms with E-state index in [1.807, 2.05) is 20.0 Å². The Bertz CT molecular complexity index is 399. The molecule has 2 rings (SSSR count). The molecule has 0 spiro atoms. The van der Waals surface area contributed by atoms with Crippen molar-refractivity contribution in [2.24, 2.45) is 13.0 Å². The van der Waals surface area contributed by atoms with Crippen molar-refractivity contribution in [1.29, 1.82) is 0 Å². The van der Waals surface area contributed by atoms with E-state index < -0.39 is 0 Å². The maximum Gasteiger partial charge on any atom is 0.225 e. The van der Waals surface area contributed by atoms with Gasteiger partial charge in [0.15, 0.2) is 0 Å². The largest absolute Gasteiger partial charge is 0.316 e. The summed E-state index contributed by atoms with van der Waals surface area (Å²) < 4.78 is 1.70. The van der Waals surface area contributed by atoms with Crippen LogP contribution in [0, 0.1) is 12.8 Å². The predicted octanol–water partition coefficient (Wildman–Crippen LogP) is 1.48. The van der Waals surface area contributed by atoms with Crippen LogP contribution in [0.3, 0.4) is 0 Å². The van der Waals surface area contributed by atoms with Gasteiger partial charge in [0.1, 0.15) is 5.82 Å². The molecule has 2 heterocycles. The average Bonchev–Trinajstić information content (AvgIpc) is 2.87. The van der Waals surface area contributed by atoms with Gasteiger partial charge in [0.2, 0.25) is 5.91 Å². The van der Waals surface area contributed by atoms with Crippen LogP contribution in [-0.4, -0.2) is 28.8 Å². The maximum atomic E-state index is 11.8. The molecular formula is C12H21ClN4O. The number of rotatable bonds is 4. The first-order chi connectivity index (χ1) is 8.15. The second-order valence-electron chi connectivity index (χ2n) is 4.74. The van der Waals surface area contributed by atoms with Gasteiger partial charge in [0, 0.05) is 19.5 Å². The molecule has 18 heavy (non-hydrogen) atoms. The fourth-order valence-electron chi connectivity index (χ4n) is 2.23. The number of halogens is 1. The Labute approximate surface area is 114 Å². The summed E-state index contributed by atoms with van der Waals surface area (Å²) in [6.07, 6.45) is 2.75. The quantitative estimate of drug-likeness (QED) is 0.873. The summed E-state index contributed by atoms with van der Waals surface area (Å²) in [5.74, 6) is 1.52. The highest BCUT2D eigenvalue weighted by atomic mass is 35.5. The number of hydrogen-bond acceptors (Lipinski definition) is 3. The van der Waals surface area contributed by atoms with E-state index >= 15 is 0 Å². The highest BCUT2D eigenvalue weighted by Gasteiger charge is 2.16. The van der Waals surface area contributed by atoms with Crippen molar-refractivity contribution in [3.8, 4) is 0 Å². The summed E-state index contributed by atoms with van der Waals surface area (Å²) in [6, 6.07) is 1.88. The van der Waals surface area contributed by atoms with E-state index in [2.05, 4.69) is 15.7 Å². The van der Waals surface area contributed by atoms with Crippen LogP contribution in [-0.2, 0) is 11.8 Å². The van der Waals surface area contributed by atoms with E-state index in [0.717, 1.165) is 31.0 Å². The van der Waals surface area contributed by atoms with Gasteiger partial charge in [-0.05, 0) is 38.8 Å². The summed E-state index contributed by atoms with van der Waals surface area (Å²) >= 11 is 0. The van der Waals surface area contributed by atoms with Gasteiger partial charge in [0.25, 0.3) is 0 Å². The second-order valence-corrected chi connectivity index (χ2v) is 4.74. The molecular weight excluding hydrogens is 252 g/mol. The molecule has 1 fully saturated rings. The smallest absolute Gasteiger partial charge is 0.225 e. The number of hydrogen-bond donors (Lipinski definition) is 2. The van der Waals surface area contributed by atoms with Crippen LogP contribution < -0.4 is 10.6 Å². The lowest BCUT2D eigenvalue weighted by atomic mass is 10.0. The summed E-state index contributed by atoms with van der Waals surface area (Å²) in [5.41, 5.74) is 0.919. The molecule has 1 aliphatic heterocycles.